The predicted octanol–water partition coefficient (Wildman–Crippen LogP) is 3.21. The highest BCUT2D eigenvalue weighted by molar-refractivity contribution is 6.31. The Kier molecular flexibility index (Phi) is 4.48. The van der Waals surface area contributed by atoms with Crippen molar-refractivity contribution >= 4 is 23.5 Å². The highest BCUT2D eigenvalue weighted by Gasteiger charge is 2.14. The van der Waals surface area contributed by atoms with Gasteiger partial charge in [-0.25, -0.2) is 9.97 Å². The molecule has 0 atom stereocenters. The summed E-state index contributed by atoms with van der Waals surface area (Å²) in [6.45, 7) is 2.11. The van der Waals surface area contributed by atoms with E-state index in [0.29, 0.717) is 16.5 Å². The maximum Gasteiger partial charge on any atom is 0.270 e. The van der Waals surface area contributed by atoms with Crippen molar-refractivity contribution in [3.05, 3.63) is 64.5 Å². The molecular weight excluding hydrogens is 328 g/mol. The molecule has 1 aromatic carbocycles. The van der Waals surface area contributed by atoms with Gasteiger partial charge in [0.05, 0.1) is 0 Å². The third-order valence-corrected chi connectivity index (χ3v) is 3.73. The largest absolute Gasteiger partial charge is 0.460 e. The van der Waals surface area contributed by atoms with E-state index in [1.54, 1.807) is 12.1 Å². The van der Waals surface area contributed by atoms with E-state index in [0.717, 1.165) is 11.3 Å². The summed E-state index contributed by atoms with van der Waals surface area (Å²) in [5.74, 6) is 0.909. The van der Waals surface area contributed by atoms with Crippen molar-refractivity contribution in [2.24, 2.45) is 0 Å². The summed E-state index contributed by atoms with van der Waals surface area (Å²) in [5, 5.41) is 3.36. The second kappa shape index (κ2) is 6.72. The van der Waals surface area contributed by atoms with Crippen LogP contribution in [0.2, 0.25) is 5.02 Å². The summed E-state index contributed by atoms with van der Waals surface area (Å²) in [6.07, 6.45) is 0. The highest BCUT2D eigenvalue weighted by atomic mass is 35.5. The van der Waals surface area contributed by atoms with Crippen LogP contribution in [0.15, 0.2) is 46.9 Å². The molecule has 24 heavy (non-hydrogen) atoms. The van der Waals surface area contributed by atoms with E-state index in [2.05, 4.69) is 15.3 Å². The molecule has 122 valence electrons. The lowest BCUT2D eigenvalue weighted by Crippen LogP contribution is -2.24. The Hall–Kier alpha value is -2.86. The van der Waals surface area contributed by atoms with Gasteiger partial charge in [0.2, 0.25) is 5.95 Å². The number of halogens is 1. The predicted molar refractivity (Wildman–Crippen MR) is 91.5 cm³/mol. The van der Waals surface area contributed by atoms with Crippen molar-refractivity contribution in [3.8, 4) is 11.5 Å². The van der Waals surface area contributed by atoms with E-state index in [1.807, 2.05) is 31.2 Å². The Balaban J connectivity index is 1.80. The van der Waals surface area contributed by atoms with Crippen LogP contribution in [0.4, 0.5) is 5.95 Å². The normalized spacial score (nSPS) is 10.6. The van der Waals surface area contributed by atoms with Gasteiger partial charge >= 0.3 is 0 Å². The van der Waals surface area contributed by atoms with Gasteiger partial charge < -0.3 is 15.5 Å². The minimum atomic E-state index is -0.367. The van der Waals surface area contributed by atoms with Gasteiger partial charge in [-0.3, -0.25) is 4.79 Å². The first-order valence-electron chi connectivity index (χ1n) is 7.26. The lowest BCUT2D eigenvalue weighted by molar-refractivity contribution is 0.0946. The second-order valence-electron chi connectivity index (χ2n) is 5.18. The Morgan fingerprint density at radius 2 is 2.04 bits per heavy atom. The zero-order valence-corrected chi connectivity index (χ0v) is 13.7. The standard InChI is InChI=1S/C17H15ClN4O2/c1-10-6-7-15(24-10)13-8-14(22-17(19)21-13)16(23)20-9-11-4-2-3-5-12(11)18/h2-8H,9H2,1H3,(H,20,23)(H2,19,21,22). The van der Waals surface area contributed by atoms with Crippen molar-refractivity contribution < 1.29 is 9.21 Å². The van der Waals surface area contributed by atoms with E-state index in [-0.39, 0.29) is 24.1 Å². The Morgan fingerprint density at radius 3 is 2.75 bits per heavy atom. The molecule has 0 fully saturated rings. The van der Waals surface area contributed by atoms with Crippen molar-refractivity contribution in [3.63, 3.8) is 0 Å². The summed E-state index contributed by atoms with van der Waals surface area (Å²) >= 11 is 6.08. The first-order valence-corrected chi connectivity index (χ1v) is 7.63. The third kappa shape index (κ3) is 3.55. The molecule has 0 saturated carbocycles. The number of hydrogen-bond acceptors (Lipinski definition) is 5. The molecule has 0 aliphatic heterocycles. The minimum absolute atomic E-state index is 0.00412. The zero-order valence-electron chi connectivity index (χ0n) is 12.9. The average Bonchev–Trinajstić information content (AvgIpc) is 3.00. The number of carbonyl (C=O) groups is 1. The number of aryl methyl sites for hydroxylation is 1. The van der Waals surface area contributed by atoms with E-state index >= 15 is 0 Å². The van der Waals surface area contributed by atoms with Crippen molar-refractivity contribution in [1.82, 2.24) is 15.3 Å². The van der Waals surface area contributed by atoms with Gasteiger partial charge in [0, 0.05) is 11.6 Å². The van der Waals surface area contributed by atoms with Gasteiger partial charge in [0.1, 0.15) is 17.1 Å². The molecule has 2 heterocycles. The SMILES string of the molecule is Cc1ccc(-c2cc(C(=O)NCc3ccccc3Cl)nc(N)n2)o1. The van der Waals surface area contributed by atoms with Crippen LogP contribution < -0.4 is 11.1 Å². The molecule has 1 amide bonds. The van der Waals surface area contributed by atoms with Gasteiger partial charge in [-0.2, -0.15) is 0 Å². The number of aromatic nitrogens is 2. The Morgan fingerprint density at radius 1 is 1.25 bits per heavy atom. The monoisotopic (exact) mass is 342 g/mol. The number of carbonyl (C=O) groups excluding carboxylic acids is 1. The van der Waals surface area contributed by atoms with E-state index in [9.17, 15) is 4.79 Å². The van der Waals surface area contributed by atoms with Crippen LogP contribution in [0.5, 0.6) is 0 Å². The molecule has 0 bridgehead atoms. The molecule has 7 heteroatoms. The molecule has 0 saturated heterocycles. The molecule has 0 unspecified atom stereocenters. The molecule has 0 aliphatic carbocycles. The van der Waals surface area contributed by atoms with Gasteiger partial charge in [0.25, 0.3) is 5.91 Å². The van der Waals surface area contributed by atoms with Gasteiger partial charge in [-0.1, -0.05) is 29.8 Å². The first kappa shape index (κ1) is 16.0. The fourth-order valence-electron chi connectivity index (χ4n) is 2.19. The number of nitrogen functional groups attached to an aromatic ring is 1. The van der Waals surface area contributed by atoms with Gasteiger partial charge in [-0.05, 0) is 36.8 Å². The molecule has 6 nitrogen and oxygen atoms in total. The average molecular weight is 343 g/mol. The zero-order chi connectivity index (χ0) is 17.1. The number of nitrogens with zero attached hydrogens (tertiary/aromatic N) is 2. The molecule has 3 aromatic rings. The smallest absolute Gasteiger partial charge is 0.270 e. The Bertz CT molecular complexity index is 892. The molecule has 0 spiro atoms. The minimum Gasteiger partial charge on any atom is -0.460 e. The van der Waals surface area contributed by atoms with E-state index in [4.69, 9.17) is 21.8 Å². The number of hydrogen-bond donors (Lipinski definition) is 2. The summed E-state index contributed by atoms with van der Waals surface area (Å²) in [4.78, 5) is 20.4. The van der Waals surface area contributed by atoms with Crippen molar-refractivity contribution in [2.75, 3.05) is 5.73 Å². The lowest BCUT2D eigenvalue weighted by atomic mass is 10.2. The molecule has 0 aliphatic rings. The van der Waals surface area contributed by atoms with Crippen molar-refractivity contribution in [1.29, 1.82) is 0 Å². The van der Waals surface area contributed by atoms with Crippen LogP contribution in [-0.4, -0.2) is 15.9 Å². The van der Waals surface area contributed by atoms with E-state index < -0.39 is 0 Å². The third-order valence-electron chi connectivity index (χ3n) is 3.37. The molecular formula is C17H15ClN4O2. The fourth-order valence-corrected chi connectivity index (χ4v) is 2.39. The summed E-state index contributed by atoms with van der Waals surface area (Å²) in [5.41, 5.74) is 7.15. The van der Waals surface area contributed by atoms with Crippen molar-refractivity contribution in [2.45, 2.75) is 13.5 Å². The maximum atomic E-state index is 12.3. The Labute approximate surface area is 143 Å². The topological polar surface area (TPSA) is 94.0 Å². The quantitative estimate of drug-likeness (QED) is 0.759. The highest BCUT2D eigenvalue weighted by Crippen LogP contribution is 2.21. The number of rotatable bonds is 4. The summed E-state index contributed by atoms with van der Waals surface area (Å²) in [7, 11) is 0. The number of furan rings is 1. The molecule has 0 radical (unpaired) electrons. The summed E-state index contributed by atoms with van der Waals surface area (Å²) < 4.78 is 5.51. The molecule has 3 N–H and O–H groups in total. The van der Waals surface area contributed by atoms with Crippen LogP contribution in [0.3, 0.4) is 0 Å². The van der Waals surface area contributed by atoms with Gasteiger partial charge in [0.15, 0.2) is 5.76 Å². The van der Waals surface area contributed by atoms with Crippen LogP contribution in [0, 0.1) is 6.92 Å². The number of amides is 1. The summed E-state index contributed by atoms with van der Waals surface area (Å²) in [6, 6.07) is 12.4. The number of nitrogens with one attached hydrogen (secondary N) is 1. The number of anilines is 1. The first-order chi connectivity index (χ1) is 11.5. The van der Waals surface area contributed by atoms with Gasteiger partial charge in [-0.15, -0.1) is 0 Å². The van der Waals surface area contributed by atoms with E-state index in [1.165, 1.54) is 6.07 Å². The number of benzene rings is 1. The van der Waals surface area contributed by atoms with Crippen LogP contribution in [-0.2, 0) is 6.54 Å². The fraction of sp³-hybridized carbons (Fsp3) is 0.118. The molecule has 2 aromatic heterocycles. The maximum absolute atomic E-state index is 12.3. The molecule has 3 rings (SSSR count). The van der Waals surface area contributed by atoms with Crippen LogP contribution >= 0.6 is 11.6 Å². The van der Waals surface area contributed by atoms with Crippen LogP contribution in [0.25, 0.3) is 11.5 Å². The van der Waals surface area contributed by atoms with Crippen LogP contribution in [0.1, 0.15) is 21.8 Å². The number of nitrogens with two attached hydrogens (primary N) is 1. The lowest BCUT2D eigenvalue weighted by Gasteiger charge is -2.07. The second-order valence-corrected chi connectivity index (χ2v) is 5.59.